The fraction of sp³-hybridized carbons (Fsp3) is 0.500. The maximum Gasteiger partial charge on any atom is 0.191 e. The van der Waals surface area contributed by atoms with E-state index < -0.39 is 0 Å². The number of halogens is 2. The van der Waals surface area contributed by atoms with Gasteiger partial charge in [0, 0.05) is 20.1 Å². The Labute approximate surface area is 145 Å². The van der Waals surface area contributed by atoms with Crippen LogP contribution < -0.4 is 15.4 Å². The zero-order chi connectivity index (χ0) is 13.7. The van der Waals surface area contributed by atoms with Crippen molar-refractivity contribution < 1.29 is 4.74 Å². The molecular formula is C14H21BrIN3O. The van der Waals surface area contributed by atoms with Crippen LogP contribution in [-0.4, -0.2) is 26.7 Å². The molecule has 112 valence electrons. The molecule has 0 spiro atoms. The van der Waals surface area contributed by atoms with Gasteiger partial charge in [0.05, 0.1) is 11.6 Å². The predicted octanol–water partition coefficient (Wildman–Crippen LogP) is 3.15. The highest BCUT2D eigenvalue weighted by atomic mass is 127. The van der Waals surface area contributed by atoms with Crippen LogP contribution >= 0.6 is 39.9 Å². The van der Waals surface area contributed by atoms with Crippen LogP contribution in [0.3, 0.4) is 0 Å². The molecule has 0 heterocycles. The summed E-state index contributed by atoms with van der Waals surface area (Å²) in [5.74, 6) is 2.55. The number of ether oxygens (including phenoxy) is 1. The average Bonchev–Trinajstić information content (AvgIpc) is 3.23. The minimum Gasteiger partial charge on any atom is -0.496 e. The van der Waals surface area contributed by atoms with Crippen molar-refractivity contribution in [3.63, 3.8) is 0 Å². The monoisotopic (exact) mass is 453 g/mol. The van der Waals surface area contributed by atoms with E-state index in [4.69, 9.17) is 4.74 Å². The lowest BCUT2D eigenvalue weighted by Gasteiger charge is -2.12. The summed E-state index contributed by atoms with van der Waals surface area (Å²) in [6.45, 7) is 1.76. The third-order valence-electron chi connectivity index (χ3n) is 3.15. The van der Waals surface area contributed by atoms with Crippen LogP contribution in [0.15, 0.2) is 27.7 Å². The predicted molar refractivity (Wildman–Crippen MR) is 97.0 cm³/mol. The van der Waals surface area contributed by atoms with Crippen LogP contribution in [0.1, 0.15) is 18.4 Å². The maximum absolute atomic E-state index is 5.22. The first-order valence-corrected chi connectivity index (χ1v) is 7.29. The minimum atomic E-state index is 0. The van der Waals surface area contributed by atoms with E-state index in [1.807, 2.05) is 12.1 Å². The summed E-state index contributed by atoms with van der Waals surface area (Å²) in [6.07, 6.45) is 2.69. The number of hydrogen-bond donors (Lipinski definition) is 2. The lowest BCUT2D eigenvalue weighted by atomic mass is 10.2. The van der Waals surface area contributed by atoms with Crippen molar-refractivity contribution in [2.24, 2.45) is 10.9 Å². The van der Waals surface area contributed by atoms with Gasteiger partial charge in [-0.05, 0) is 52.4 Å². The lowest BCUT2D eigenvalue weighted by Crippen LogP contribution is -2.37. The number of nitrogens with one attached hydrogen (secondary N) is 2. The van der Waals surface area contributed by atoms with E-state index in [1.54, 1.807) is 14.2 Å². The molecule has 0 atom stereocenters. The van der Waals surface area contributed by atoms with Gasteiger partial charge < -0.3 is 15.4 Å². The summed E-state index contributed by atoms with van der Waals surface area (Å²) >= 11 is 3.49. The number of guanidine groups is 1. The van der Waals surface area contributed by atoms with Crippen LogP contribution in [-0.2, 0) is 6.54 Å². The van der Waals surface area contributed by atoms with Crippen molar-refractivity contribution in [2.75, 3.05) is 20.7 Å². The van der Waals surface area contributed by atoms with Crippen LogP contribution in [0.2, 0.25) is 0 Å². The first kappa shape index (κ1) is 17.6. The molecule has 0 amide bonds. The van der Waals surface area contributed by atoms with Gasteiger partial charge in [0.15, 0.2) is 5.96 Å². The fourth-order valence-corrected chi connectivity index (χ4v) is 2.38. The second-order valence-corrected chi connectivity index (χ2v) is 5.57. The first-order chi connectivity index (χ1) is 9.22. The van der Waals surface area contributed by atoms with E-state index in [-0.39, 0.29) is 24.0 Å². The molecule has 1 fully saturated rings. The highest BCUT2D eigenvalue weighted by molar-refractivity contribution is 14.0. The molecule has 1 aliphatic rings. The van der Waals surface area contributed by atoms with Crippen molar-refractivity contribution in [1.82, 2.24) is 10.6 Å². The Hall–Kier alpha value is -0.500. The van der Waals surface area contributed by atoms with Crippen LogP contribution in [0.5, 0.6) is 5.75 Å². The molecule has 1 aromatic carbocycles. The Morgan fingerprint density at radius 1 is 1.40 bits per heavy atom. The number of aliphatic imine (C=N–C) groups is 1. The molecule has 0 unspecified atom stereocenters. The van der Waals surface area contributed by atoms with Gasteiger partial charge in [-0.3, -0.25) is 4.99 Å². The van der Waals surface area contributed by atoms with Gasteiger partial charge in [0.25, 0.3) is 0 Å². The van der Waals surface area contributed by atoms with Gasteiger partial charge in [-0.2, -0.15) is 0 Å². The standard InChI is InChI=1S/C14H20BrN3O.HI/c1-16-14(17-8-10-3-4-10)18-9-11-5-6-13(19-2)12(15)7-11;/h5-7,10H,3-4,8-9H2,1-2H3,(H2,16,17,18);1H. The molecule has 4 nitrogen and oxygen atoms in total. The van der Waals surface area contributed by atoms with Gasteiger partial charge in [-0.1, -0.05) is 6.07 Å². The minimum absolute atomic E-state index is 0. The van der Waals surface area contributed by atoms with Gasteiger partial charge in [0.2, 0.25) is 0 Å². The van der Waals surface area contributed by atoms with Gasteiger partial charge >= 0.3 is 0 Å². The molecule has 6 heteroatoms. The molecule has 0 saturated heterocycles. The molecule has 0 bridgehead atoms. The second-order valence-electron chi connectivity index (χ2n) is 4.72. The lowest BCUT2D eigenvalue weighted by molar-refractivity contribution is 0.412. The average molecular weight is 454 g/mol. The van der Waals surface area contributed by atoms with Crippen LogP contribution in [0, 0.1) is 5.92 Å². The van der Waals surface area contributed by atoms with E-state index in [1.165, 1.54) is 18.4 Å². The molecule has 20 heavy (non-hydrogen) atoms. The molecule has 2 N–H and O–H groups in total. The number of nitrogens with zero attached hydrogens (tertiary/aromatic N) is 1. The van der Waals surface area contributed by atoms with Gasteiger partial charge in [0.1, 0.15) is 5.75 Å². The first-order valence-electron chi connectivity index (χ1n) is 6.50. The van der Waals surface area contributed by atoms with Crippen molar-refractivity contribution in [3.8, 4) is 5.75 Å². The van der Waals surface area contributed by atoms with Crippen molar-refractivity contribution in [3.05, 3.63) is 28.2 Å². The molecule has 2 rings (SSSR count). The summed E-state index contributed by atoms with van der Waals surface area (Å²) < 4.78 is 6.18. The largest absolute Gasteiger partial charge is 0.496 e. The Kier molecular flexibility index (Phi) is 7.65. The van der Waals surface area contributed by atoms with E-state index in [9.17, 15) is 0 Å². The van der Waals surface area contributed by atoms with Crippen molar-refractivity contribution >= 4 is 45.9 Å². The molecule has 1 aromatic rings. The summed E-state index contributed by atoms with van der Waals surface area (Å²) in [5, 5.41) is 6.65. The summed E-state index contributed by atoms with van der Waals surface area (Å²) in [5.41, 5.74) is 1.18. The van der Waals surface area contributed by atoms with Crippen LogP contribution in [0.4, 0.5) is 0 Å². The van der Waals surface area contributed by atoms with E-state index in [0.717, 1.165) is 35.2 Å². The molecule has 0 aliphatic heterocycles. The second kappa shape index (κ2) is 8.71. The Bertz CT molecular complexity index is 464. The number of methoxy groups -OCH3 is 1. The highest BCUT2D eigenvalue weighted by Crippen LogP contribution is 2.27. The molecule has 1 saturated carbocycles. The number of rotatable bonds is 5. The summed E-state index contributed by atoms with van der Waals surface area (Å²) in [7, 11) is 3.47. The zero-order valence-corrected chi connectivity index (χ0v) is 15.7. The van der Waals surface area contributed by atoms with Crippen molar-refractivity contribution in [1.29, 1.82) is 0 Å². The van der Waals surface area contributed by atoms with E-state index >= 15 is 0 Å². The van der Waals surface area contributed by atoms with E-state index in [2.05, 4.69) is 37.6 Å². The third kappa shape index (κ3) is 5.47. The summed E-state index contributed by atoms with van der Waals surface area (Å²) in [6, 6.07) is 6.06. The molecule has 1 aliphatic carbocycles. The van der Waals surface area contributed by atoms with Crippen molar-refractivity contribution in [2.45, 2.75) is 19.4 Å². The van der Waals surface area contributed by atoms with Gasteiger partial charge in [-0.25, -0.2) is 0 Å². The molecular weight excluding hydrogens is 433 g/mol. The maximum atomic E-state index is 5.22. The van der Waals surface area contributed by atoms with Crippen LogP contribution in [0.25, 0.3) is 0 Å². The van der Waals surface area contributed by atoms with E-state index in [0.29, 0.717) is 0 Å². The van der Waals surface area contributed by atoms with Gasteiger partial charge in [-0.15, -0.1) is 24.0 Å². The number of benzene rings is 1. The molecule has 0 radical (unpaired) electrons. The third-order valence-corrected chi connectivity index (χ3v) is 3.77. The Morgan fingerprint density at radius 3 is 2.70 bits per heavy atom. The zero-order valence-electron chi connectivity index (χ0n) is 11.8. The Morgan fingerprint density at radius 2 is 2.15 bits per heavy atom. The number of hydrogen-bond acceptors (Lipinski definition) is 2. The quantitative estimate of drug-likeness (QED) is 0.409. The fourth-order valence-electron chi connectivity index (χ4n) is 1.79. The highest BCUT2D eigenvalue weighted by Gasteiger charge is 2.20. The summed E-state index contributed by atoms with van der Waals surface area (Å²) in [4.78, 5) is 4.22. The Balaban J connectivity index is 0.00000200. The smallest absolute Gasteiger partial charge is 0.191 e. The topological polar surface area (TPSA) is 45.7 Å². The molecule has 0 aromatic heterocycles. The SMILES string of the molecule is CN=C(NCc1ccc(OC)c(Br)c1)NCC1CC1.I. The normalized spacial score (nSPS) is 14.4.